The fourth-order valence-corrected chi connectivity index (χ4v) is 7.30. The highest BCUT2D eigenvalue weighted by Gasteiger charge is 2.57. The SMILES string of the molecule is CC[n+]1c(N)cc(SCC2(C(=O)O)CS[C@@H]3[C@H](NC(=O)C(=NOC)c4csc(N)n4)C(=O)N3C2)nc1N. The number of anilines is 3. The predicted molar refractivity (Wildman–Crippen MR) is 140 cm³/mol. The number of thiazole rings is 1. The molecule has 4 rings (SSSR count). The Balaban J connectivity index is 1.43. The van der Waals surface area contributed by atoms with E-state index in [1.165, 1.54) is 35.5 Å². The largest absolute Gasteiger partial charge is 0.481 e. The van der Waals surface area contributed by atoms with Crippen LogP contribution in [0.3, 0.4) is 0 Å². The molecular formula is C20H26N9O5S3+. The lowest BCUT2D eigenvalue weighted by Gasteiger charge is -2.53. The van der Waals surface area contributed by atoms with E-state index in [1.807, 2.05) is 6.92 Å². The van der Waals surface area contributed by atoms with Gasteiger partial charge in [-0.15, -0.1) is 28.1 Å². The normalized spacial score (nSPS) is 23.2. The second-order valence-corrected chi connectivity index (χ2v) is 11.3. The van der Waals surface area contributed by atoms with E-state index in [1.54, 1.807) is 16.0 Å². The summed E-state index contributed by atoms with van der Waals surface area (Å²) in [6, 6.07) is 0.809. The van der Waals surface area contributed by atoms with Gasteiger partial charge in [0.2, 0.25) is 5.91 Å². The summed E-state index contributed by atoms with van der Waals surface area (Å²) >= 11 is 3.65. The van der Waals surface area contributed by atoms with E-state index in [0.29, 0.717) is 17.4 Å². The van der Waals surface area contributed by atoms with Crippen LogP contribution in [-0.4, -0.2) is 80.0 Å². The van der Waals surface area contributed by atoms with Crippen molar-refractivity contribution in [2.24, 2.45) is 10.6 Å². The standard InChI is InChI=1S/C20H25N9O5S3/c1-3-28-10(21)4-11(25-18(28)22)36-7-20(17(32)33)6-29-15(31)13(16(29)37-8-20)26-14(30)12(27-34-2)9-5-35-19(23)24-9/h4-5,13,16H,3,6-8H2,1-2H3,(H7,21,22,23,24,25,26,30,32,33)/p+1/t13-,16-,20?/m1/s1. The number of carboxylic acid groups (broad SMARTS) is 1. The van der Waals surface area contributed by atoms with E-state index in [4.69, 9.17) is 22.0 Å². The summed E-state index contributed by atoms with van der Waals surface area (Å²) in [7, 11) is 1.29. The van der Waals surface area contributed by atoms with Crippen molar-refractivity contribution in [3.05, 3.63) is 17.1 Å². The van der Waals surface area contributed by atoms with Gasteiger partial charge in [0, 0.05) is 29.5 Å². The highest BCUT2D eigenvalue weighted by Crippen LogP contribution is 2.44. The molecule has 0 aromatic carbocycles. The van der Waals surface area contributed by atoms with Crippen LogP contribution < -0.4 is 27.1 Å². The average Bonchev–Trinajstić information content (AvgIpc) is 3.29. The molecule has 0 aliphatic carbocycles. The van der Waals surface area contributed by atoms with Gasteiger partial charge in [-0.1, -0.05) is 16.9 Å². The van der Waals surface area contributed by atoms with Gasteiger partial charge in [0.15, 0.2) is 21.7 Å². The van der Waals surface area contributed by atoms with Crippen LogP contribution in [0.25, 0.3) is 0 Å². The Bertz CT molecular complexity index is 1250. The number of aliphatic carboxylic acids is 1. The molecule has 14 nitrogen and oxygen atoms in total. The summed E-state index contributed by atoms with van der Waals surface area (Å²) in [5, 5.41) is 18.4. The van der Waals surface area contributed by atoms with E-state index >= 15 is 0 Å². The van der Waals surface area contributed by atoms with Crippen molar-refractivity contribution in [3.8, 4) is 0 Å². The minimum Gasteiger partial charge on any atom is -0.481 e. The summed E-state index contributed by atoms with van der Waals surface area (Å²) in [4.78, 5) is 52.7. The van der Waals surface area contributed by atoms with Gasteiger partial charge < -0.3 is 37.4 Å². The van der Waals surface area contributed by atoms with Gasteiger partial charge in [0.05, 0.1) is 6.54 Å². The van der Waals surface area contributed by atoms with E-state index in [9.17, 15) is 19.5 Å². The van der Waals surface area contributed by atoms with Crippen LogP contribution in [0.15, 0.2) is 21.6 Å². The number of carboxylic acids is 1. The topological polar surface area (TPSA) is 216 Å². The minimum absolute atomic E-state index is 0.00734. The maximum Gasteiger partial charge on any atom is 0.346 e. The van der Waals surface area contributed by atoms with Crippen molar-refractivity contribution in [2.75, 3.05) is 42.4 Å². The van der Waals surface area contributed by atoms with E-state index in [2.05, 4.69) is 20.4 Å². The summed E-state index contributed by atoms with van der Waals surface area (Å²) in [6.07, 6.45) is 0. The van der Waals surface area contributed by atoms with Gasteiger partial charge in [-0.05, 0) is 6.92 Å². The fraction of sp³-hybridized carbons (Fsp3) is 0.450. The molecule has 37 heavy (non-hydrogen) atoms. The monoisotopic (exact) mass is 568 g/mol. The number of hydrogen-bond acceptors (Lipinski definition) is 13. The number of oxime groups is 1. The van der Waals surface area contributed by atoms with E-state index < -0.39 is 28.7 Å². The number of nitrogens with one attached hydrogen (secondary N) is 1. The van der Waals surface area contributed by atoms with Crippen molar-refractivity contribution in [3.63, 3.8) is 0 Å². The molecular weight excluding hydrogens is 542 g/mol. The molecule has 0 spiro atoms. The Morgan fingerprint density at radius 3 is 2.76 bits per heavy atom. The van der Waals surface area contributed by atoms with Crippen LogP contribution in [0, 0.1) is 5.41 Å². The minimum atomic E-state index is -1.22. The van der Waals surface area contributed by atoms with Crippen LogP contribution >= 0.6 is 34.9 Å². The average molecular weight is 569 g/mol. The van der Waals surface area contributed by atoms with Crippen LogP contribution in [0.1, 0.15) is 12.6 Å². The predicted octanol–water partition coefficient (Wildman–Crippen LogP) is -0.794. The molecule has 2 aliphatic rings. The van der Waals surface area contributed by atoms with Gasteiger partial charge in [0.25, 0.3) is 5.91 Å². The number of hydrogen-bond donors (Lipinski definition) is 5. The molecule has 198 valence electrons. The summed E-state index contributed by atoms with van der Waals surface area (Å²) in [5.74, 6) is -1.01. The third-order valence-corrected chi connectivity index (χ3v) is 9.41. The van der Waals surface area contributed by atoms with Crippen LogP contribution in [0.4, 0.5) is 16.9 Å². The van der Waals surface area contributed by atoms with E-state index in [0.717, 1.165) is 11.3 Å². The van der Waals surface area contributed by atoms with Crippen LogP contribution in [0.2, 0.25) is 0 Å². The molecule has 2 fully saturated rings. The Kier molecular flexibility index (Phi) is 7.65. The number of thioether (sulfide) groups is 2. The number of amides is 2. The molecule has 2 aromatic heterocycles. The smallest absolute Gasteiger partial charge is 0.346 e. The lowest BCUT2D eigenvalue weighted by molar-refractivity contribution is -0.667. The molecule has 2 aliphatic heterocycles. The number of aromatic nitrogens is 3. The van der Waals surface area contributed by atoms with Gasteiger partial charge in [-0.2, -0.15) is 0 Å². The Hall–Kier alpha value is -3.31. The number of fused-ring (bicyclic) bond motifs is 1. The third-order valence-electron chi connectivity index (χ3n) is 5.94. The maximum atomic E-state index is 12.9. The lowest BCUT2D eigenvalue weighted by Crippen LogP contribution is -2.74. The van der Waals surface area contributed by atoms with Crippen LogP contribution in [-0.2, 0) is 25.8 Å². The zero-order valence-corrected chi connectivity index (χ0v) is 22.4. The molecule has 0 saturated carbocycles. The van der Waals surface area contributed by atoms with Gasteiger partial charge in [0.1, 0.15) is 29.6 Å². The Morgan fingerprint density at radius 1 is 1.41 bits per heavy atom. The molecule has 17 heteroatoms. The number of nitrogens with zero attached hydrogens (tertiary/aromatic N) is 5. The highest BCUT2D eigenvalue weighted by molar-refractivity contribution is 8.00. The third kappa shape index (κ3) is 5.10. The first-order chi connectivity index (χ1) is 17.6. The highest BCUT2D eigenvalue weighted by atomic mass is 32.2. The molecule has 2 amide bonds. The molecule has 8 N–H and O–H groups in total. The van der Waals surface area contributed by atoms with Gasteiger partial charge in [-0.3, -0.25) is 14.4 Å². The van der Waals surface area contributed by atoms with E-state index in [-0.39, 0.29) is 46.4 Å². The number of nitrogens with two attached hydrogens (primary N) is 3. The first-order valence-electron chi connectivity index (χ1n) is 11.0. The second-order valence-electron chi connectivity index (χ2n) is 8.31. The fourth-order valence-electron chi connectivity index (χ4n) is 3.98. The number of carbonyl (C=O) groups is 3. The van der Waals surface area contributed by atoms with Crippen molar-refractivity contribution >= 4 is 75.3 Å². The second kappa shape index (κ2) is 10.6. The summed E-state index contributed by atoms with van der Waals surface area (Å²) in [5.41, 5.74) is 16.5. The molecule has 0 bridgehead atoms. The van der Waals surface area contributed by atoms with Crippen molar-refractivity contribution in [1.29, 1.82) is 0 Å². The Labute approximate surface area is 224 Å². The van der Waals surface area contributed by atoms with Crippen molar-refractivity contribution in [1.82, 2.24) is 20.2 Å². The first kappa shape index (κ1) is 26.7. The molecule has 3 atom stereocenters. The summed E-state index contributed by atoms with van der Waals surface area (Å²) in [6.45, 7) is 2.43. The maximum absolute atomic E-state index is 12.9. The summed E-state index contributed by atoms with van der Waals surface area (Å²) < 4.78 is 1.64. The molecule has 2 aromatic rings. The molecule has 0 radical (unpaired) electrons. The zero-order chi connectivity index (χ0) is 26.9. The van der Waals surface area contributed by atoms with Crippen molar-refractivity contribution < 1.29 is 28.9 Å². The molecule has 1 unspecified atom stereocenters. The number of nitrogen functional groups attached to an aromatic ring is 3. The lowest BCUT2D eigenvalue weighted by atomic mass is 9.89. The van der Waals surface area contributed by atoms with Crippen LogP contribution in [0.5, 0.6) is 0 Å². The quantitative estimate of drug-likeness (QED) is 0.0628. The van der Waals surface area contributed by atoms with Gasteiger partial charge in [-0.25, -0.2) is 9.55 Å². The number of β-lactam (4-membered cyclic amide) rings is 1. The zero-order valence-electron chi connectivity index (χ0n) is 19.9. The number of carbonyl (C=O) groups excluding carboxylic acids is 2. The van der Waals surface area contributed by atoms with Crippen molar-refractivity contribution in [2.45, 2.75) is 29.9 Å². The molecule has 4 heterocycles. The number of rotatable bonds is 9. The van der Waals surface area contributed by atoms with Gasteiger partial charge >= 0.3 is 11.9 Å². The first-order valence-corrected chi connectivity index (χ1v) is 13.9. The Morgan fingerprint density at radius 2 is 2.16 bits per heavy atom. The molecule has 2 saturated heterocycles.